The Morgan fingerprint density at radius 3 is 2.50 bits per heavy atom. The third kappa shape index (κ3) is 3.92. The number of urea groups is 1. The predicted octanol–water partition coefficient (Wildman–Crippen LogP) is 5.68. The first-order chi connectivity index (χ1) is 14.3. The van der Waals surface area contributed by atoms with E-state index in [1.54, 1.807) is 54.6 Å². The van der Waals surface area contributed by atoms with Crippen LogP contribution in [0, 0.1) is 0 Å². The van der Waals surface area contributed by atoms with Crippen LogP contribution in [0.2, 0.25) is 10.0 Å². The second-order valence-corrected chi connectivity index (χ2v) is 8.00. The molecule has 30 heavy (non-hydrogen) atoms. The van der Waals surface area contributed by atoms with Gasteiger partial charge in [0.1, 0.15) is 17.1 Å². The topological polar surface area (TPSA) is 79.6 Å². The van der Waals surface area contributed by atoms with Crippen LogP contribution in [0.5, 0.6) is 0 Å². The molecule has 4 rings (SSSR count). The second kappa shape index (κ2) is 8.10. The number of halogens is 3. The molecule has 1 N–H and O–H groups in total. The van der Waals surface area contributed by atoms with Crippen molar-refractivity contribution in [3.8, 4) is 11.3 Å². The Labute approximate surface area is 189 Å². The Bertz CT molecular complexity index is 1240. The third-order valence-electron chi connectivity index (χ3n) is 4.29. The van der Waals surface area contributed by atoms with Gasteiger partial charge in [0.05, 0.1) is 15.7 Å². The van der Waals surface area contributed by atoms with Gasteiger partial charge < -0.3 is 4.42 Å². The minimum absolute atomic E-state index is 0.232. The number of nitrogens with zero attached hydrogens (tertiary/aromatic N) is 1. The maximum Gasteiger partial charge on any atom is 0.335 e. The molecule has 1 fully saturated rings. The zero-order chi connectivity index (χ0) is 21.4. The van der Waals surface area contributed by atoms with Crippen LogP contribution in [-0.4, -0.2) is 17.8 Å². The van der Waals surface area contributed by atoms with Gasteiger partial charge in [-0.1, -0.05) is 45.2 Å². The van der Waals surface area contributed by atoms with E-state index >= 15 is 0 Å². The zero-order valence-corrected chi connectivity index (χ0v) is 18.1. The number of amides is 4. The lowest BCUT2D eigenvalue weighted by molar-refractivity contribution is -0.122. The molecule has 6 nitrogen and oxygen atoms in total. The van der Waals surface area contributed by atoms with Crippen LogP contribution in [0.1, 0.15) is 5.76 Å². The average Bonchev–Trinajstić information content (AvgIpc) is 3.16. The smallest absolute Gasteiger partial charge is 0.335 e. The van der Waals surface area contributed by atoms with E-state index in [-0.39, 0.29) is 11.3 Å². The quantitative estimate of drug-likeness (QED) is 0.366. The number of hydrogen-bond donors (Lipinski definition) is 1. The summed E-state index contributed by atoms with van der Waals surface area (Å²) < 4.78 is 6.41. The minimum atomic E-state index is -0.823. The van der Waals surface area contributed by atoms with Crippen molar-refractivity contribution in [1.82, 2.24) is 5.32 Å². The summed E-state index contributed by atoms with van der Waals surface area (Å²) in [6, 6.07) is 14.1. The van der Waals surface area contributed by atoms with E-state index in [2.05, 4.69) is 21.2 Å². The van der Waals surface area contributed by atoms with Gasteiger partial charge in [-0.25, -0.2) is 9.69 Å². The fourth-order valence-electron chi connectivity index (χ4n) is 2.88. The van der Waals surface area contributed by atoms with Crippen LogP contribution < -0.4 is 10.2 Å². The third-order valence-corrected chi connectivity index (χ3v) is 5.52. The Kier molecular flexibility index (Phi) is 5.51. The lowest BCUT2D eigenvalue weighted by Crippen LogP contribution is -2.54. The molecule has 0 radical (unpaired) electrons. The van der Waals surface area contributed by atoms with Crippen molar-refractivity contribution in [2.75, 3.05) is 4.90 Å². The number of imide groups is 2. The monoisotopic (exact) mass is 504 g/mol. The molecule has 0 saturated carbocycles. The molecule has 0 bridgehead atoms. The lowest BCUT2D eigenvalue weighted by atomic mass is 10.1. The molecular weight excluding hydrogens is 495 g/mol. The summed E-state index contributed by atoms with van der Waals surface area (Å²) in [7, 11) is 0. The molecule has 9 heteroatoms. The Balaban J connectivity index is 1.68. The van der Waals surface area contributed by atoms with E-state index in [1.807, 2.05) is 0 Å². The normalized spacial score (nSPS) is 15.6. The molecule has 0 atom stereocenters. The van der Waals surface area contributed by atoms with Crippen LogP contribution in [0.3, 0.4) is 0 Å². The molecule has 1 saturated heterocycles. The number of carbonyl (C=O) groups is 3. The first-order valence-electron chi connectivity index (χ1n) is 8.56. The highest BCUT2D eigenvalue weighted by Crippen LogP contribution is 2.30. The van der Waals surface area contributed by atoms with E-state index in [0.717, 1.165) is 4.90 Å². The molecule has 0 aliphatic carbocycles. The molecule has 2 heterocycles. The number of benzene rings is 2. The summed E-state index contributed by atoms with van der Waals surface area (Å²) in [5.41, 5.74) is 0.769. The fourth-order valence-corrected chi connectivity index (χ4v) is 3.57. The highest BCUT2D eigenvalue weighted by atomic mass is 79.9. The van der Waals surface area contributed by atoms with Gasteiger partial charge in [0.2, 0.25) is 0 Å². The summed E-state index contributed by atoms with van der Waals surface area (Å²) in [6.45, 7) is 0. The number of furan rings is 1. The Morgan fingerprint density at radius 1 is 0.967 bits per heavy atom. The number of barbiturate groups is 1. The van der Waals surface area contributed by atoms with Gasteiger partial charge in [0, 0.05) is 10.0 Å². The maximum atomic E-state index is 12.9. The summed E-state index contributed by atoms with van der Waals surface area (Å²) in [5, 5.41) is 2.95. The van der Waals surface area contributed by atoms with E-state index in [4.69, 9.17) is 27.6 Å². The maximum absolute atomic E-state index is 12.9. The molecule has 0 spiro atoms. The second-order valence-electron chi connectivity index (χ2n) is 6.27. The van der Waals surface area contributed by atoms with Gasteiger partial charge >= 0.3 is 6.03 Å². The van der Waals surface area contributed by atoms with Gasteiger partial charge in [0.25, 0.3) is 11.8 Å². The molecular formula is C21H11BrCl2N2O4. The predicted molar refractivity (Wildman–Crippen MR) is 117 cm³/mol. The first-order valence-corrected chi connectivity index (χ1v) is 10.1. The van der Waals surface area contributed by atoms with Crippen LogP contribution in [0.4, 0.5) is 10.5 Å². The Morgan fingerprint density at radius 2 is 1.77 bits per heavy atom. The van der Waals surface area contributed by atoms with Gasteiger partial charge in [0.15, 0.2) is 0 Å². The van der Waals surface area contributed by atoms with Crippen LogP contribution in [-0.2, 0) is 9.59 Å². The van der Waals surface area contributed by atoms with Gasteiger partial charge in [-0.15, -0.1) is 0 Å². The summed E-state index contributed by atoms with van der Waals surface area (Å²) in [6.07, 6.45) is 1.29. The van der Waals surface area contributed by atoms with Crippen molar-refractivity contribution in [3.63, 3.8) is 0 Å². The molecule has 4 amide bonds. The van der Waals surface area contributed by atoms with Crippen molar-refractivity contribution in [2.45, 2.75) is 0 Å². The highest BCUT2D eigenvalue weighted by molar-refractivity contribution is 9.10. The lowest BCUT2D eigenvalue weighted by Gasteiger charge is -2.26. The molecule has 3 aromatic rings. The van der Waals surface area contributed by atoms with Crippen molar-refractivity contribution in [2.24, 2.45) is 0 Å². The molecule has 150 valence electrons. The fraction of sp³-hybridized carbons (Fsp3) is 0. The molecule has 1 aliphatic heterocycles. The van der Waals surface area contributed by atoms with E-state index in [1.165, 1.54) is 6.08 Å². The zero-order valence-electron chi connectivity index (χ0n) is 15.0. The van der Waals surface area contributed by atoms with Crippen molar-refractivity contribution < 1.29 is 18.8 Å². The largest absolute Gasteiger partial charge is 0.457 e. The van der Waals surface area contributed by atoms with Crippen LogP contribution >= 0.6 is 39.1 Å². The average molecular weight is 506 g/mol. The molecule has 0 unspecified atom stereocenters. The standard InChI is InChI=1S/C21H11BrCl2N2O4/c22-12-2-1-3-13(9-12)26-20(28)15(19(27)25-21(26)29)10-14-5-7-18(30-14)11-4-6-16(23)17(24)8-11/h1-10H,(H,25,27,29)/b15-10-. The number of rotatable bonds is 3. The van der Waals surface area contributed by atoms with Gasteiger partial charge in [-0.05, 0) is 54.6 Å². The van der Waals surface area contributed by atoms with Crippen LogP contribution in [0.15, 0.2) is 69.1 Å². The molecule has 1 aromatic heterocycles. The van der Waals surface area contributed by atoms with Crippen molar-refractivity contribution in [3.05, 3.63) is 80.4 Å². The minimum Gasteiger partial charge on any atom is -0.457 e. The number of anilines is 1. The SMILES string of the molecule is O=C1NC(=O)N(c2cccc(Br)c2)C(=O)/C1=C\c1ccc(-c2ccc(Cl)c(Cl)c2)o1. The van der Waals surface area contributed by atoms with Gasteiger partial charge in [-0.2, -0.15) is 0 Å². The van der Waals surface area contributed by atoms with E-state index < -0.39 is 17.8 Å². The molecule has 1 aliphatic rings. The highest BCUT2D eigenvalue weighted by Gasteiger charge is 2.37. The number of hydrogen-bond acceptors (Lipinski definition) is 4. The van der Waals surface area contributed by atoms with Crippen molar-refractivity contribution in [1.29, 1.82) is 0 Å². The van der Waals surface area contributed by atoms with E-state index in [9.17, 15) is 14.4 Å². The number of nitrogens with one attached hydrogen (secondary N) is 1. The van der Waals surface area contributed by atoms with E-state index in [0.29, 0.717) is 31.5 Å². The summed E-state index contributed by atoms with van der Waals surface area (Å²) >= 11 is 15.3. The Hall–Kier alpha value is -2.87. The van der Waals surface area contributed by atoms with Crippen LogP contribution in [0.25, 0.3) is 17.4 Å². The summed E-state index contributed by atoms with van der Waals surface area (Å²) in [5.74, 6) is -0.819. The van der Waals surface area contributed by atoms with Crippen molar-refractivity contribution >= 4 is 68.7 Å². The first kappa shape index (κ1) is 20.4. The summed E-state index contributed by atoms with van der Waals surface area (Å²) in [4.78, 5) is 38.3. The number of carbonyl (C=O) groups excluding carboxylic acids is 3. The van der Waals surface area contributed by atoms with Gasteiger partial charge in [-0.3, -0.25) is 14.9 Å². The molecule has 2 aromatic carbocycles.